The Hall–Kier alpha value is -2.92. The van der Waals surface area contributed by atoms with Gasteiger partial charge in [-0.05, 0) is 32.7 Å². The zero-order valence-corrected chi connectivity index (χ0v) is 24.0. The van der Waals surface area contributed by atoms with Crippen molar-refractivity contribution in [3.63, 3.8) is 0 Å². The molecule has 0 saturated heterocycles. The number of hydrogen-bond donors (Lipinski definition) is 0. The van der Waals surface area contributed by atoms with E-state index in [0.717, 1.165) is 0 Å². The van der Waals surface area contributed by atoms with Crippen molar-refractivity contribution in [1.29, 1.82) is 0 Å². The molecule has 8 rings (SSSR count). The number of carbonyl (C=O) groups excluding carboxylic acids is 2. The topological polar surface area (TPSA) is 40.6 Å². The summed E-state index contributed by atoms with van der Waals surface area (Å²) in [6.07, 6.45) is -10.6. The van der Waals surface area contributed by atoms with Crippen LogP contribution in [0.25, 0.3) is 21.5 Å². The fourth-order valence-electron chi connectivity index (χ4n) is 5.17. The van der Waals surface area contributed by atoms with Crippen molar-refractivity contribution < 1.29 is 35.9 Å². The number of nitrogens with zero attached hydrogens (tertiary/aromatic N) is 2. The lowest BCUT2D eigenvalue weighted by atomic mass is 9.90. The van der Waals surface area contributed by atoms with Crippen molar-refractivity contribution in [2.24, 2.45) is 0 Å². The molecule has 0 unspecified atom stereocenters. The molecule has 4 aliphatic heterocycles. The Morgan fingerprint density at radius 3 is 0.976 bits per heavy atom. The zero-order valence-electron chi connectivity index (χ0n) is 20.9. The SMILES string of the molecule is O=C(N1Cc2c(Cl)c(Cl)c(c(Cl)c2Cl)CN(C(=O)C(F)(F)F)Cc2c3ccccc3c(c3ccccc23)C1)C(F)(F)F. The maximum atomic E-state index is 13.9. The van der Waals surface area contributed by atoms with Crippen molar-refractivity contribution in [1.82, 2.24) is 9.80 Å². The second-order valence-electron chi connectivity index (χ2n) is 9.58. The van der Waals surface area contributed by atoms with Crippen LogP contribution in [0.1, 0.15) is 22.3 Å². The van der Waals surface area contributed by atoms with Gasteiger partial charge in [0.05, 0.1) is 20.1 Å². The van der Waals surface area contributed by atoms with Gasteiger partial charge < -0.3 is 9.80 Å². The van der Waals surface area contributed by atoms with Crippen molar-refractivity contribution in [2.45, 2.75) is 38.5 Å². The van der Waals surface area contributed by atoms with Crippen LogP contribution in [0.15, 0.2) is 48.5 Å². The van der Waals surface area contributed by atoms with Crippen LogP contribution in [0.4, 0.5) is 26.3 Å². The molecule has 4 aromatic carbocycles. The normalized spacial score (nSPS) is 14.6. The molecule has 0 aromatic heterocycles. The highest BCUT2D eigenvalue weighted by Crippen LogP contribution is 2.44. The maximum absolute atomic E-state index is 13.9. The Bertz CT molecular complexity index is 1560. The number of benzene rings is 4. The van der Waals surface area contributed by atoms with Gasteiger partial charge in [0.25, 0.3) is 0 Å². The second-order valence-corrected chi connectivity index (χ2v) is 11.1. The first-order valence-corrected chi connectivity index (χ1v) is 13.6. The number of rotatable bonds is 0. The van der Waals surface area contributed by atoms with Gasteiger partial charge in [-0.25, -0.2) is 0 Å². The first-order valence-electron chi connectivity index (χ1n) is 12.1. The molecule has 0 aliphatic carbocycles. The van der Waals surface area contributed by atoms with Gasteiger partial charge in [0.1, 0.15) is 0 Å². The molecule has 4 heterocycles. The van der Waals surface area contributed by atoms with E-state index in [1.807, 2.05) is 0 Å². The van der Waals surface area contributed by atoms with E-state index in [4.69, 9.17) is 46.4 Å². The Labute approximate surface area is 254 Å². The molecular weight excluding hydrogens is 652 g/mol. The lowest BCUT2D eigenvalue weighted by Crippen LogP contribution is -2.41. The molecule has 0 fully saturated rings. The summed E-state index contributed by atoms with van der Waals surface area (Å²) >= 11 is 25.6. The molecule has 42 heavy (non-hydrogen) atoms. The van der Waals surface area contributed by atoms with Gasteiger partial charge in [-0.3, -0.25) is 9.59 Å². The molecule has 0 spiro atoms. The van der Waals surface area contributed by atoms with Gasteiger partial charge in [-0.15, -0.1) is 0 Å². The summed E-state index contributed by atoms with van der Waals surface area (Å²) in [6.45, 7) is -2.75. The van der Waals surface area contributed by atoms with Crippen LogP contribution in [0.3, 0.4) is 0 Å². The monoisotopic (exact) mass is 666 g/mol. The van der Waals surface area contributed by atoms with E-state index in [0.29, 0.717) is 31.3 Å². The van der Waals surface area contributed by atoms with E-state index in [2.05, 4.69) is 0 Å². The number of carbonyl (C=O) groups is 2. The first-order chi connectivity index (χ1) is 19.6. The number of alkyl halides is 6. The minimum atomic E-state index is -5.28. The van der Waals surface area contributed by atoms with Gasteiger partial charge in [0.2, 0.25) is 0 Å². The van der Waals surface area contributed by atoms with E-state index in [1.165, 1.54) is 0 Å². The summed E-state index contributed by atoms with van der Waals surface area (Å²) in [5.74, 6) is -4.37. The quantitative estimate of drug-likeness (QED) is 0.107. The highest BCUT2D eigenvalue weighted by molar-refractivity contribution is 6.49. The predicted octanol–water partition coefficient (Wildman–Crippen LogP) is 9.10. The fourth-order valence-corrected chi connectivity index (χ4v) is 6.34. The van der Waals surface area contributed by atoms with Crippen LogP contribution >= 0.6 is 46.4 Å². The molecule has 0 radical (unpaired) electrons. The van der Waals surface area contributed by atoms with Gasteiger partial charge >= 0.3 is 24.2 Å². The molecule has 0 saturated carbocycles. The molecule has 0 atom stereocenters. The second kappa shape index (κ2) is 11.0. The lowest BCUT2D eigenvalue weighted by Gasteiger charge is -2.31. The molecule has 14 heteroatoms. The van der Waals surface area contributed by atoms with Crippen LogP contribution < -0.4 is 0 Å². The third-order valence-electron chi connectivity index (χ3n) is 7.06. The van der Waals surface area contributed by atoms with Crippen LogP contribution in [0.2, 0.25) is 20.1 Å². The number of amides is 2. The summed E-state index contributed by atoms with van der Waals surface area (Å²) in [5.41, 5.74) is 0.0834. The summed E-state index contributed by atoms with van der Waals surface area (Å²) in [4.78, 5) is 26.5. The summed E-state index contributed by atoms with van der Waals surface area (Å²) in [5, 5.41) is -0.145. The molecule has 2 amide bonds. The van der Waals surface area contributed by atoms with E-state index in [9.17, 15) is 35.9 Å². The Morgan fingerprint density at radius 1 is 0.500 bits per heavy atom. The minimum absolute atomic E-state index is 0.245. The van der Waals surface area contributed by atoms with Gasteiger partial charge in [-0.1, -0.05) is 94.9 Å². The van der Waals surface area contributed by atoms with E-state index in [-0.39, 0.29) is 22.3 Å². The zero-order chi connectivity index (χ0) is 30.7. The predicted molar refractivity (Wildman–Crippen MR) is 149 cm³/mol. The Kier molecular flexibility index (Phi) is 7.98. The molecule has 220 valence electrons. The third kappa shape index (κ3) is 5.34. The largest absolute Gasteiger partial charge is 0.471 e. The van der Waals surface area contributed by atoms with E-state index >= 15 is 0 Å². The van der Waals surface area contributed by atoms with Gasteiger partial charge in [-0.2, -0.15) is 26.3 Å². The molecule has 4 nitrogen and oxygen atoms in total. The van der Waals surface area contributed by atoms with Crippen LogP contribution in [-0.4, -0.2) is 34.0 Å². The number of halogens is 10. The Balaban J connectivity index is 1.89. The summed E-state index contributed by atoms with van der Waals surface area (Å²) in [6, 6.07) is 12.8. The third-order valence-corrected chi connectivity index (χ3v) is 8.92. The van der Waals surface area contributed by atoms with Crippen LogP contribution in [0, 0.1) is 0 Å². The van der Waals surface area contributed by atoms with Crippen molar-refractivity contribution in [3.8, 4) is 0 Å². The Morgan fingerprint density at radius 2 is 0.738 bits per heavy atom. The van der Waals surface area contributed by atoms with Crippen molar-refractivity contribution in [3.05, 3.63) is 90.9 Å². The van der Waals surface area contributed by atoms with Crippen LogP contribution in [-0.2, 0) is 35.8 Å². The average molecular weight is 668 g/mol. The molecule has 4 aromatic rings. The van der Waals surface area contributed by atoms with E-state index in [1.54, 1.807) is 48.5 Å². The highest BCUT2D eigenvalue weighted by atomic mass is 35.5. The molecular formula is C28H16Cl4F6N2O2. The van der Waals surface area contributed by atoms with Crippen LogP contribution in [0.5, 0.6) is 0 Å². The smallest absolute Gasteiger partial charge is 0.326 e. The first kappa shape index (κ1) is 30.5. The van der Waals surface area contributed by atoms with Gasteiger partial charge in [0.15, 0.2) is 0 Å². The van der Waals surface area contributed by atoms with Gasteiger partial charge in [0, 0.05) is 37.3 Å². The molecule has 0 N–H and O–H groups in total. The lowest BCUT2D eigenvalue weighted by molar-refractivity contribution is -0.186. The fraction of sp³-hybridized carbons (Fsp3) is 0.214. The average Bonchev–Trinajstić information content (AvgIpc) is 2.94. The summed E-state index contributed by atoms with van der Waals surface area (Å²) < 4.78 is 83.2. The molecule has 4 aliphatic rings. The maximum Gasteiger partial charge on any atom is 0.471 e. The van der Waals surface area contributed by atoms with Crippen molar-refractivity contribution in [2.75, 3.05) is 0 Å². The molecule has 4 bridgehead atoms. The van der Waals surface area contributed by atoms with Crippen molar-refractivity contribution >= 4 is 79.8 Å². The summed E-state index contributed by atoms with van der Waals surface area (Å²) in [7, 11) is 0. The standard InChI is InChI=1S/C28H16Cl4F6N2O2/c29-21-19-11-39(25(41)27(33,34)35)9-17-13-5-1-2-6-14(13)18(16-8-4-3-7-15(16)17)10-40(26(42)28(36,37)38)12-20(23(21)31)24(32)22(19)30/h1-8H,9-12H2. The van der Waals surface area contributed by atoms with E-state index < -0.39 is 70.4 Å². The highest BCUT2D eigenvalue weighted by Gasteiger charge is 2.45. The number of hydrogen-bond acceptors (Lipinski definition) is 2. The minimum Gasteiger partial charge on any atom is -0.326 e.